The lowest BCUT2D eigenvalue weighted by Crippen LogP contribution is -2.13. The highest BCUT2D eigenvalue weighted by Gasteiger charge is 2.17. The van der Waals surface area contributed by atoms with Crippen LogP contribution < -0.4 is 5.14 Å². The fourth-order valence-corrected chi connectivity index (χ4v) is 3.01. The molecule has 2 N–H and O–H groups in total. The fourth-order valence-electron chi connectivity index (χ4n) is 2.37. The Morgan fingerprint density at radius 3 is 2.48 bits per heavy atom. The number of sulfonamides is 1. The predicted octanol–water partition coefficient (Wildman–Crippen LogP) is 2.38. The highest BCUT2D eigenvalue weighted by molar-refractivity contribution is 7.89. The van der Waals surface area contributed by atoms with Gasteiger partial charge in [0, 0.05) is 6.42 Å². The van der Waals surface area contributed by atoms with E-state index in [1.807, 2.05) is 30.3 Å². The van der Waals surface area contributed by atoms with E-state index in [2.05, 4.69) is 10.1 Å². The summed E-state index contributed by atoms with van der Waals surface area (Å²) < 4.78 is 38.5. The molecule has 6 nitrogen and oxygen atoms in total. The smallest absolute Gasteiger partial charge is 0.225 e. The molecule has 0 aliphatic carbocycles. The van der Waals surface area contributed by atoms with Gasteiger partial charge in [-0.3, -0.25) is 0 Å². The lowest BCUT2D eigenvalue weighted by molar-refractivity contribution is 0.587. The van der Waals surface area contributed by atoms with E-state index in [-0.39, 0.29) is 16.5 Å². The molecular formula is C16H14ClFN4O2S. The molecule has 25 heavy (non-hydrogen) atoms. The standard InChI is InChI=1S/C16H14ClFN4O2S/c17-10-15-20-16(8-11-4-2-1-3-5-11)22(21-15)14-7-6-12(9-13(14)18)25(19,23)24/h1-7,9H,8,10H2,(H2,19,23,24). The molecule has 0 bridgehead atoms. The molecule has 0 atom stereocenters. The van der Waals surface area contributed by atoms with Crippen molar-refractivity contribution in [1.29, 1.82) is 0 Å². The summed E-state index contributed by atoms with van der Waals surface area (Å²) in [5, 5.41) is 9.23. The van der Waals surface area contributed by atoms with Crippen molar-refractivity contribution in [2.45, 2.75) is 17.2 Å². The first-order valence-electron chi connectivity index (χ1n) is 7.26. The third-order valence-corrected chi connectivity index (χ3v) is 4.67. The molecular weight excluding hydrogens is 367 g/mol. The highest BCUT2D eigenvalue weighted by atomic mass is 35.5. The second kappa shape index (κ2) is 6.91. The van der Waals surface area contributed by atoms with Gasteiger partial charge in [0.25, 0.3) is 0 Å². The Morgan fingerprint density at radius 2 is 1.88 bits per heavy atom. The van der Waals surface area contributed by atoms with Crippen LogP contribution in [-0.2, 0) is 22.3 Å². The number of aromatic nitrogens is 3. The summed E-state index contributed by atoms with van der Waals surface area (Å²) in [4.78, 5) is 4.01. The van der Waals surface area contributed by atoms with Crippen LogP contribution >= 0.6 is 11.6 Å². The summed E-state index contributed by atoms with van der Waals surface area (Å²) in [6.45, 7) is 0. The lowest BCUT2D eigenvalue weighted by atomic mass is 10.1. The molecule has 1 heterocycles. The van der Waals surface area contributed by atoms with E-state index in [0.29, 0.717) is 18.1 Å². The number of hydrogen-bond acceptors (Lipinski definition) is 4. The van der Waals surface area contributed by atoms with Gasteiger partial charge in [-0.1, -0.05) is 30.3 Å². The van der Waals surface area contributed by atoms with Crippen LogP contribution in [0.15, 0.2) is 53.4 Å². The van der Waals surface area contributed by atoms with Gasteiger partial charge in [0.05, 0.1) is 10.8 Å². The second-order valence-electron chi connectivity index (χ2n) is 5.31. The molecule has 2 aromatic carbocycles. The third kappa shape index (κ3) is 3.87. The molecule has 0 saturated carbocycles. The molecule has 0 radical (unpaired) electrons. The van der Waals surface area contributed by atoms with Crippen LogP contribution in [0.1, 0.15) is 17.2 Å². The Bertz CT molecular complexity index is 1010. The van der Waals surface area contributed by atoms with Crippen LogP contribution in [0.5, 0.6) is 0 Å². The first-order valence-corrected chi connectivity index (χ1v) is 9.34. The van der Waals surface area contributed by atoms with E-state index in [1.165, 1.54) is 16.8 Å². The summed E-state index contributed by atoms with van der Waals surface area (Å²) in [7, 11) is -3.99. The summed E-state index contributed by atoms with van der Waals surface area (Å²) >= 11 is 5.80. The van der Waals surface area contributed by atoms with Crippen LogP contribution in [0.25, 0.3) is 5.69 Å². The first kappa shape index (κ1) is 17.5. The number of hydrogen-bond donors (Lipinski definition) is 1. The van der Waals surface area contributed by atoms with Gasteiger partial charge in [0.15, 0.2) is 5.82 Å². The molecule has 9 heteroatoms. The maximum absolute atomic E-state index is 14.5. The number of nitrogens with zero attached hydrogens (tertiary/aromatic N) is 3. The van der Waals surface area contributed by atoms with Crippen molar-refractivity contribution in [2.75, 3.05) is 0 Å². The molecule has 0 fully saturated rings. The van der Waals surface area contributed by atoms with Gasteiger partial charge in [-0.15, -0.1) is 16.7 Å². The SMILES string of the molecule is NS(=O)(=O)c1ccc(-n2nc(CCl)nc2Cc2ccccc2)c(F)c1. The molecule has 3 rings (SSSR count). The molecule has 0 spiro atoms. The summed E-state index contributed by atoms with van der Waals surface area (Å²) in [5.41, 5.74) is 1.04. The van der Waals surface area contributed by atoms with Gasteiger partial charge < -0.3 is 0 Å². The Labute approximate surface area is 149 Å². The van der Waals surface area contributed by atoms with E-state index in [0.717, 1.165) is 11.6 Å². The lowest BCUT2D eigenvalue weighted by Gasteiger charge is -2.08. The minimum Gasteiger partial charge on any atom is -0.225 e. The molecule has 0 unspecified atom stereocenters. The maximum atomic E-state index is 14.5. The monoisotopic (exact) mass is 380 g/mol. The largest absolute Gasteiger partial charge is 0.238 e. The number of alkyl halides is 1. The highest BCUT2D eigenvalue weighted by Crippen LogP contribution is 2.20. The molecule has 0 amide bonds. The average molecular weight is 381 g/mol. The van der Waals surface area contributed by atoms with Gasteiger partial charge in [-0.25, -0.2) is 27.6 Å². The van der Waals surface area contributed by atoms with E-state index in [9.17, 15) is 12.8 Å². The minimum atomic E-state index is -3.99. The number of benzene rings is 2. The van der Waals surface area contributed by atoms with Crippen molar-refractivity contribution in [2.24, 2.45) is 5.14 Å². The van der Waals surface area contributed by atoms with E-state index in [1.54, 1.807) is 0 Å². The van der Waals surface area contributed by atoms with Crippen LogP contribution in [0, 0.1) is 5.82 Å². The van der Waals surface area contributed by atoms with Gasteiger partial charge in [-0.2, -0.15) is 0 Å². The summed E-state index contributed by atoms with van der Waals surface area (Å²) in [5.74, 6) is 0.143. The number of primary sulfonamides is 1. The average Bonchev–Trinajstić information content (AvgIpc) is 2.97. The van der Waals surface area contributed by atoms with Gasteiger partial charge in [0.1, 0.15) is 17.3 Å². The van der Waals surface area contributed by atoms with E-state index in [4.69, 9.17) is 16.7 Å². The van der Waals surface area contributed by atoms with Crippen molar-refractivity contribution in [1.82, 2.24) is 14.8 Å². The predicted molar refractivity (Wildman–Crippen MR) is 91.5 cm³/mol. The quantitative estimate of drug-likeness (QED) is 0.688. The fraction of sp³-hybridized carbons (Fsp3) is 0.125. The van der Waals surface area contributed by atoms with E-state index >= 15 is 0 Å². The van der Waals surface area contributed by atoms with Crippen molar-refractivity contribution >= 4 is 21.6 Å². The molecule has 0 aliphatic heterocycles. The van der Waals surface area contributed by atoms with Gasteiger partial charge in [0.2, 0.25) is 10.0 Å². The Kier molecular flexibility index (Phi) is 4.85. The van der Waals surface area contributed by atoms with Gasteiger partial charge in [-0.05, 0) is 23.8 Å². The molecule has 0 aliphatic rings. The van der Waals surface area contributed by atoms with Crippen LogP contribution in [-0.4, -0.2) is 23.2 Å². The normalized spacial score (nSPS) is 11.6. The molecule has 0 saturated heterocycles. The zero-order valence-electron chi connectivity index (χ0n) is 12.9. The number of halogens is 2. The minimum absolute atomic E-state index is 0.0715. The number of rotatable bonds is 5. The summed E-state index contributed by atoms with van der Waals surface area (Å²) in [6, 6.07) is 12.9. The first-order chi connectivity index (χ1) is 11.9. The van der Waals surface area contributed by atoms with Crippen molar-refractivity contribution < 1.29 is 12.8 Å². The topological polar surface area (TPSA) is 90.9 Å². The van der Waals surface area contributed by atoms with Crippen LogP contribution in [0.4, 0.5) is 4.39 Å². The number of nitrogens with two attached hydrogens (primary N) is 1. The van der Waals surface area contributed by atoms with Crippen molar-refractivity contribution in [3.63, 3.8) is 0 Å². The van der Waals surface area contributed by atoms with Crippen LogP contribution in [0.2, 0.25) is 0 Å². The molecule has 130 valence electrons. The molecule has 1 aromatic heterocycles. The Balaban J connectivity index is 2.06. The van der Waals surface area contributed by atoms with Crippen LogP contribution in [0.3, 0.4) is 0 Å². The maximum Gasteiger partial charge on any atom is 0.238 e. The van der Waals surface area contributed by atoms with Crippen molar-refractivity contribution in [3.05, 3.63) is 71.6 Å². The summed E-state index contributed by atoms with van der Waals surface area (Å²) in [6.07, 6.45) is 0.418. The zero-order chi connectivity index (χ0) is 18.0. The van der Waals surface area contributed by atoms with E-state index < -0.39 is 15.8 Å². The molecule has 3 aromatic rings. The Morgan fingerprint density at radius 1 is 1.16 bits per heavy atom. The third-order valence-electron chi connectivity index (χ3n) is 3.52. The second-order valence-corrected chi connectivity index (χ2v) is 7.14. The van der Waals surface area contributed by atoms with Gasteiger partial charge >= 0.3 is 0 Å². The zero-order valence-corrected chi connectivity index (χ0v) is 14.5. The Hall–Kier alpha value is -2.29. The van der Waals surface area contributed by atoms with Crippen molar-refractivity contribution in [3.8, 4) is 5.69 Å².